The van der Waals surface area contributed by atoms with E-state index in [1.54, 1.807) is 12.4 Å². The molecule has 0 bridgehead atoms. The summed E-state index contributed by atoms with van der Waals surface area (Å²) in [6.45, 7) is 2.46. The van der Waals surface area contributed by atoms with Gasteiger partial charge < -0.3 is 9.64 Å². The van der Waals surface area contributed by atoms with Crippen LogP contribution in [0.2, 0.25) is 0 Å². The Bertz CT molecular complexity index is 707. The number of aromatic nitrogens is 1. The van der Waals surface area contributed by atoms with Crippen LogP contribution in [0.1, 0.15) is 5.56 Å². The summed E-state index contributed by atoms with van der Waals surface area (Å²) in [5, 5.41) is 0. The van der Waals surface area contributed by atoms with Crippen molar-refractivity contribution >= 4 is 12.0 Å². The van der Waals surface area contributed by atoms with Gasteiger partial charge in [0.15, 0.2) is 12.5 Å². The van der Waals surface area contributed by atoms with E-state index >= 15 is 0 Å². The van der Waals surface area contributed by atoms with Gasteiger partial charge in [-0.25, -0.2) is 8.78 Å². The smallest absolute Gasteiger partial charge is 0.167 e. The zero-order chi connectivity index (χ0) is 17.6. The van der Waals surface area contributed by atoms with Crippen molar-refractivity contribution in [3.8, 4) is 0 Å². The number of carbonyl (C=O) groups is 1. The Morgan fingerprint density at radius 3 is 2.64 bits per heavy atom. The van der Waals surface area contributed by atoms with E-state index in [1.165, 1.54) is 12.1 Å². The third kappa shape index (κ3) is 4.37. The summed E-state index contributed by atoms with van der Waals surface area (Å²) in [5.41, 5.74) is 1.27. The first-order valence-electron chi connectivity index (χ1n) is 8.07. The predicted octanol–water partition coefficient (Wildman–Crippen LogP) is 2.22. The third-order valence-electron chi connectivity index (χ3n) is 4.18. The monoisotopic (exact) mass is 347 g/mol. The average Bonchev–Trinajstić information content (AvgIpc) is 2.64. The highest BCUT2D eigenvalue weighted by Crippen LogP contribution is 2.22. The highest BCUT2D eigenvalue weighted by Gasteiger charge is 2.25. The lowest BCUT2D eigenvalue weighted by Crippen LogP contribution is -2.51. The van der Waals surface area contributed by atoms with Crippen LogP contribution in [0.4, 0.5) is 14.5 Å². The van der Waals surface area contributed by atoms with E-state index < -0.39 is 17.9 Å². The maximum Gasteiger partial charge on any atom is 0.167 e. The van der Waals surface area contributed by atoms with Gasteiger partial charge in [-0.2, -0.15) is 0 Å². The van der Waals surface area contributed by atoms with Crippen LogP contribution in [-0.2, 0) is 16.1 Å². The number of ether oxygens (including phenoxy) is 1. The van der Waals surface area contributed by atoms with Gasteiger partial charge in [0.05, 0.1) is 12.3 Å². The molecule has 1 atom stereocenters. The molecule has 1 saturated heterocycles. The lowest BCUT2D eigenvalue weighted by molar-refractivity contribution is -0.133. The van der Waals surface area contributed by atoms with E-state index in [4.69, 9.17) is 4.74 Å². The first-order valence-corrected chi connectivity index (χ1v) is 8.07. The largest absolute Gasteiger partial charge is 0.367 e. The fourth-order valence-electron chi connectivity index (χ4n) is 2.85. The number of rotatable bonds is 6. The summed E-state index contributed by atoms with van der Waals surface area (Å²) in [7, 11) is 0. The molecule has 25 heavy (non-hydrogen) atoms. The Morgan fingerprint density at radius 2 is 2.00 bits per heavy atom. The quantitative estimate of drug-likeness (QED) is 0.750. The number of anilines is 1. The lowest BCUT2D eigenvalue weighted by atomic mass is 10.2. The van der Waals surface area contributed by atoms with Crippen LogP contribution in [0.3, 0.4) is 0 Å². The van der Waals surface area contributed by atoms with Gasteiger partial charge in [0.25, 0.3) is 0 Å². The van der Waals surface area contributed by atoms with Crippen molar-refractivity contribution < 1.29 is 18.3 Å². The molecule has 0 amide bonds. The van der Waals surface area contributed by atoms with Crippen molar-refractivity contribution in [2.24, 2.45) is 0 Å². The third-order valence-corrected chi connectivity index (χ3v) is 4.18. The fraction of sp³-hybridized carbons (Fsp3) is 0.333. The number of halogens is 2. The molecular formula is C18H19F2N3O2. The number of piperazine rings is 1. The van der Waals surface area contributed by atoms with Gasteiger partial charge in [-0.05, 0) is 23.8 Å². The Morgan fingerprint density at radius 1 is 1.20 bits per heavy atom. The van der Waals surface area contributed by atoms with Gasteiger partial charge in [0, 0.05) is 44.6 Å². The number of benzene rings is 1. The van der Waals surface area contributed by atoms with Crippen LogP contribution in [-0.4, -0.2) is 48.6 Å². The summed E-state index contributed by atoms with van der Waals surface area (Å²) in [5.74, 6) is -1.17. The number of hydrogen-bond acceptors (Lipinski definition) is 5. The van der Waals surface area contributed by atoms with E-state index in [0.29, 0.717) is 38.5 Å². The van der Waals surface area contributed by atoms with E-state index in [1.807, 2.05) is 21.9 Å². The molecule has 1 fully saturated rings. The Hall–Kier alpha value is -2.38. The molecule has 1 aliphatic heterocycles. The second kappa shape index (κ2) is 8.13. The molecule has 132 valence electrons. The average molecular weight is 347 g/mol. The van der Waals surface area contributed by atoms with Crippen molar-refractivity contribution in [1.29, 1.82) is 0 Å². The Balaban J connectivity index is 1.55. The van der Waals surface area contributed by atoms with Crippen molar-refractivity contribution in [2.75, 3.05) is 31.1 Å². The normalized spacial score (nSPS) is 16.6. The van der Waals surface area contributed by atoms with Crippen LogP contribution < -0.4 is 4.90 Å². The standard InChI is InChI=1S/C18H19F2N3O2/c19-15-3-4-17(16(20)10-15)22-6-8-23(9-7-22)18(12-24)25-13-14-2-1-5-21-11-14/h1-5,10-12,18H,6-9,13H2. The second-order valence-corrected chi connectivity index (χ2v) is 5.82. The summed E-state index contributed by atoms with van der Waals surface area (Å²) in [4.78, 5) is 19.1. The highest BCUT2D eigenvalue weighted by molar-refractivity contribution is 5.56. The first-order chi connectivity index (χ1) is 12.2. The molecule has 1 aliphatic rings. The van der Waals surface area contributed by atoms with Crippen LogP contribution in [0.5, 0.6) is 0 Å². The molecule has 1 aromatic heterocycles. The number of hydrogen-bond donors (Lipinski definition) is 0. The van der Waals surface area contributed by atoms with Gasteiger partial charge in [-0.15, -0.1) is 0 Å². The molecule has 0 N–H and O–H groups in total. The molecule has 7 heteroatoms. The second-order valence-electron chi connectivity index (χ2n) is 5.82. The van der Waals surface area contributed by atoms with Crippen molar-refractivity contribution in [1.82, 2.24) is 9.88 Å². The van der Waals surface area contributed by atoms with Gasteiger partial charge in [-0.1, -0.05) is 6.07 Å². The Labute approximate surface area is 144 Å². The lowest BCUT2D eigenvalue weighted by Gasteiger charge is -2.38. The Kier molecular flexibility index (Phi) is 5.67. The van der Waals surface area contributed by atoms with Crippen LogP contribution >= 0.6 is 0 Å². The van der Waals surface area contributed by atoms with Crippen LogP contribution in [0.15, 0.2) is 42.7 Å². The number of pyridine rings is 1. The zero-order valence-corrected chi connectivity index (χ0v) is 13.6. The molecule has 3 rings (SSSR count). The molecule has 1 unspecified atom stereocenters. The van der Waals surface area contributed by atoms with Crippen molar-refractivity contribution in [3.05, 3.63) is 59.9 Å². The highest BCUT2D eigenvalue weighted by atomic mass is 19.1. The van der Waals surface area contributed by atoms with Crippen LogP contribution in [0.25, 0.3) is 0 Å². The maximum absolute atomic E-state index is 13.9. The molecule has 0 saturated carbocycles. The summed E-state index contributed by atoms with van der Waals surface area (Å²) in [6.07, 6.45) is 3.48. The zero-order valence-electron chi connectivity index (χ0n) is 13.6. The molecule has 5 nitrogen and oxygen atoms in total. The van der Waals surface area contributed by atoms with Crippen molar-refractivity contribution in [3.63, 3.8) is 0 Å². The fourth-order valence-corrected chi connectivity index (χ4v) is 2.85. The number of aldehydes is 1. The molecule has 2 aromatic rings. The van der Waals surface area contributed by atoms with Gasteiger partial charge in [-0.3, -0.25) is 14.7 Å². The molecule has 1 aromatic carbocycles. The minimum absolute atomic E-state index is 0.296. The minimum atomic E-state index is -0.652. The number of carbonyl (C=O) groups excluding carboxylic acids is 1. The molecule has 0 aliphatic carbocycles. The van der Waals surface area contributed by atoms with E-state index in [-0.39, 0.29) is 0 Å². The maximum atomic E-state index is 13.9. The van der Waals surface area contributed by atoms with Gasteiger partial charge in [0.2, 0.25) is 0 Å². The topological polar surface area (TPSA) is 45.7 Å². The molecule has 0 spiro atoms. The summed E-state index contributed by atoms with van der Waals surface area (Å²) in [6, 6.07) is 7.26. The van der Waals surface area contributed by atoms with Crippen molar-refractivity contribution in [2.45, 2.75) is 12.8 Å². The molecule has 2 heterocycles. The SMILES string of the molecule is O=CC(OCc1cccnc1)N1CCN(c2ccc(F)cc2F)CC1. The number of nitrogens with zero attached hydrogens (tertiary/aromatic N) is 3. The van der Waals surface area contributed by atoms with E-state index in [2.05, 4.69) is 4.98 Å². The van der Waals surface area contributed by atoms with Crippen LogP contribution in [0, 0.1) is 11.6 Å². The summed E-state index contributed by atoms with van der Waals surface area (Å²) >= 11 is 0. The van der Waals surface area contributed by atoms with Gasteiger partial charge >= 0.3 is 0 Å². The van der Waals surface area contributed by atoms with Gasteiger partial charge in [0.1, 0.15) is 11.6 Å². The first kappa shape index (κ1) is 17.4. The van der Waals surface area contributed by atoms with E-state index in [0.717, 1.165) is 17.9 Å². The molecule has 0 radical (unpaired) electrons. The minimum Gasteiger partial charge on any atom is -0.367 e. The van der Waals surface area contributed by atoms with E-state index in [9.17, 15) is 13.6 Å². The predicted molar refractivity (Wildman–Crippen MR) is 89.0 cm³/mol. The summed E-state index contributed by atoms with van der Waals surface area (Å²) < 4.78 is 32.6. The molecular weight excluding hydrogens is 328 g/mol.